The fourth-order valence-corrected chi connectivity index (χ4v) is 4.19. The van der Waals surface area contributed by atoms with Crippen molar-refractivity contribution in [2.75, 3.05) is 28.6 Å². The van der Waals surface area contributed by atoms with Crippen molar-refractivity contribution < 1.29 is 14.4 Å². The summed E-state index contributed by atoms with van der Waals surface area (Å²) in [5, 5.41) is 5.82. The largest absolute Gasteiger partial charge is 0.369 e. The van der Waals surface area contributed by atoms with Crippen LogP contribution >= 0.6 is 11.6 Å². The zero-order chi connectivity index (χ0) is 23.0. The van der Waals surface area contributed by atoms with Gasteiger partial charge in [-0.2, -0.15) is 4.98 Å². The molecule has 1 aromatic heterocycles. The van der Waals surface area contributed by atoms with Crippen LogP contribution in [0.15, 0.2) is 23.0 Å². The number of fused-ring (bicyclic) bond motifs is 1. The maximum absolute atomic E-state index is 12.9. The highest BCUT2D eigenvalue weighted by Crippen LogP contribution is 2.31. The molecule has 1 atom stereocenters. The van der Waals surface area contributed by atoms with Crippen molar-refractivity contribution in [1.29, 1.82) is 0 Å². The molecular formula is C21H23ClN6O4. The average molecular weight is 459 g/mol. The Hall–Kier alpha value is -3.40. The third-order valence-electron chi connectivity index (χ3n) is 5.89. The van der Waals surface area contributed by atoms with Gasteiger partial charge in [-0.15, -0.1) is 0 Å². The number of rotatable bonds is 4. The lowest BCUT2D eigenvalue weighted by Crippen LogP contribution is -2.41. The molecule has 10 nitrogen and oxygen atoms in total. The van der Waals surface area contributed by atoms with Gasteiger partial charge < -0.3 is 21.3 Å². The van der Waals surface area contributed by atoms with Crippen molar-refractivity contribution in [3.8, 4) is 0 Å². The van der Waals surface area contributed by atoms with Crippen LogP contribution in [0.25, 0.3) is 0 Å². The molecule has 2 aromatic rings. The molecule has 0 saturated carbocycles. The number of carbonyl (C=O) groups excluding carboxylic acids is 3. The highest BCUT2D eigenvalue weighted by molar-refractivity contribution is 6.31. The maximum atomic E-state index is 12.9. The van der Waals surface area contributed by atoms with Crippen molar-refractivity contribution >= 4 is 46.8 Å². The number of nitrogens with two attached hydrogens (primary N) is 1. The third-order valence-corrected chi connectivity index (χ3v) is 6.30. The number of nitrogens with one attached hydrogen (secondary N) is 3. The summed E-state index contributed by atoms with van der Waals surface area (Å²) >= 11 is 6.12. The number of H-pyrrole nitrogens is 1. The smallest absolute Gasteiger partial charge is 0.258 e. The first-order chi connectivity index (χ1) is 15.2. The first-order valence-corrected chi connectivity index (χ1v) is 10.7. The lowest BCUT2D eigenvalue weighted by molar-refractivity contribution is -0.123. The Morgan fingerprint density at radius 1 is 1.25 bits per heavy atom. The minimum absolute atomic E-state index is 0.0686. The number of benzene rings is 1. The number of aromatic amines is 1. The van der Waals surface area contributed by atoms with E-state index in [0.29, 0.717) is 36.6 Å². The Labute approximate surface area is 188 Å². The second kappa shape index (κ2) is 8.62. The summed E-state index contributed by atoms with van der Waals surface area (Å²) in [4.78, 5) is 58.5. The van der Waals surface area contributed by atoms with Gasteiger partial charge in [0.05, 0.1) is 11.5 Å². The van der Waals surface area contributed by atoms with Gasteiger partial charge in [-0.3, -0.25) is 24.2 Å². The van der Waals surface area contributed by atoms with Gasteiger partial charge in [0.25, 0.3) is 5.56 Å². The van der Waals surface area contributed by atoms with Gasteiger partial charge in [-0.05, 0) is 37.5 Å². The van der Waals surface area contributed by atoms with Crippen LogP contribution in [0.3, 0.4) is 0 Å². The van der Waals surface area contributed by atoms with Gasteiger partial charge in [-0.25, -0.2) is 0 Å². The summed E-state index contributed by atoms with van der Waals surface area (Å²) in [6.45, 7) is 2.82. The number of nitrogens with zero attached hydrogens (tertiary/aromatic N) is 2. The first-order valence-electron chi connectivity index (χ1n) is 10.3. The molecule has 0 bridgehead atoms. The van der Waals surface area contributed by atoms with Gasteiger partial charge in [0, 0.05) is 36.1 Å². The van der Waals surface area contributed by atoms with E-state index in [1.165, 1.54) is 0 Å². The molecule has 3 amide bonds. The van der Waals surface area contributed by atoms with E-state index < -0.39 is 23.3 Å². The van der Waals surface area contributed by atoms with E-state index in [-0.39, 0.29) is 35.6 Å². The summed E-state index contributed by atoms with van der Waals surface area (Å²) in [6, 6.07) is 5.08. The zero-order valence-electron chi connectivity index (χ0n) is 17.4. The van der Waals surface area contributed by atoms with Crippen LogP contribution in [0.2, 0.25) is 5.02 Å². The standard InChI is InChI=1S/C21H23ClN6O4/c1-10-2-3-12(8-14(10)22)24-19(31)13-9-15(29)25-18-16(13)20(32)27-21(26-18)28-6-4-11(5-7-28)17(23)30/h2-3,8,11,13H,4-7,9H2,1H3,(H2,23,30)(H,24,31)(H2,25,26,27,29,32)/t13-/m0/s1. The van der Waals surface area contributed by atoms with E-state index in [2.05, 4.69) is 20.6 Å². The monoisotopic (exact) mass is 458 g/mol. The molecule has 4 rings (SSSR count). The highest BCUT2D eigenvalue weighted by Gasteiger charge is 2.35. The molecule has 0 radical (unpaired) electrons. The number of aryl methyl sites for hydroxylation is 1. The van der Waals surface area contributed by atoms with Crippen LogP contribution in [0, 0.1) is 12.8 Å². The number of carbonyl (C=O) groups is 3. The van der Waals surface area contributed by atoms with E-state index in [1.807, 2.05) is 11.8 Å². The number of hydrogen-bond acceptors (Lipinski definition) is 6. The minimum atomic E-state index is -0.996. The fourth-order valence-electron chi connectivity index (χ4n) is 4.01. The van der Waals surface area contributed by atoms with Crippen molar-refractivity contribution in [2.24, 2.45) is 11.7 Å². The molecule has 1 saturated heterocycles. The zero-order valence-corrected chi connectivity index (χ0v) is 18.2. The number of hydrogen-bond donors (Lipinski definition) is 4. The average Bonchev–Trinajstić information content (AvgIpc) is 2.75. The number of piperidine rings is 1. The number of amides is 3. The van der Waals surface area contributed by atoms with Crippen LogP contribution in [-0.4, -0.2) is 40.8 Å². The molecule has 0 unspecified atom stereocenters. The quantitative estimate of drug-likeness (QED) is 0.545. The maximum Gasteiger partial charge on any atom is 0.258 e. The van der Waals surface area contributed by atoms with Crippen molar-refractivity contribution in [1.82, 2.24) is 9.97 Å². The molecule has 2 aliphatic rings. The van der Waals surface area contributed by atoms with Crippen LogP contribution in [0.4, 0.5) is 17.5 Å². The Balaban J connectivity index is 1.59. The SMILES string of the molecule is Cc1ccc(NC(=O)[C@H]2CC(=O)Nc3nc(N4CCC(C(N)=O)CC4)[nH]c(=O)c32)cc1Cl. The topological polar surface area (TPSA) is 150 Å². The minimum Gasteiger partial charge on any atom is -0.369 e. The summed E-state index contributed by atoms with van der Waals surface area (Å²) in [5.41, 5.74) is 6.31. The first kappa shape index (κ1) is 21.8. The molecule has 2 aliphatic heterocycles. The molecule has 3 heterocycles. The summed E-state index contributed by atoms with van der Waals surface area (Å²) in [6.07, 6.45) is 0.922. The molecule has 1 aromatic carbocycles. The number of aromatic nitrogens is 2. The van der Waals surface area contributed by atoms with Gasteiger partial charge in [-0.1, -0.05) is 17.7 Å². The number of halogens is 1. The summed E-state index contributed by atoms with van der Waals surface area (Å²) < 4.78 is 0. The van der Waals surface area contributed by atoms with Gasteiger partial charge >= 0.3 is 0 Å². The van der Waals surface area contributed by atoms with Crippen molar-refractivity contribution in [3.05, 3.63) is 44.7 Å². The van der Waals surface area contributed by atoms with Crippen LogP contribution in [0.5, 0.6) is 0 Å². The Morgan fingerprint density at radius 3 is 2.62 bits per heavy atom. The highest BCUT2D eigenvalue weighted by atomic mass is 35.5. The van der Waals surface area contributed by atoms with E-state index in [0.717, 1.165) is 5.56 Å². The molecule has 0 spiro atoms. The summed E-state index contributed by atoms with van der Waals surface area (Å²) in [7, 11) is 0. The fraction of sp³-hybridized carbons (Fsp3) is 0.381. The lowest BCUT2D eigenvalue weighted by Gasteiger charge is -2.32. The Kier molecular flexibility index (Phi) is 5.88. The Morgan fingerprint density at radius 2 is 1.97 bits per heavy atom. The van der Waals surface area contributed by atoms with Gasteiger partial charge in [0.1, 0.15) is 5.82 Å². The normalized spacial score (nSPS) is 18.6. The molecule has 5 N–H and O–H groups in total. The second-order valence-corrected chi connectivity index (χ2v) is 8.48. The van der Waals surface area contributed by atoms with E-state index in [4.69, 9.17) is 17.3 Å². The van der Waals surface area contributed by atoms with Crippen LogP contribution in [0.1, 0.15) is 36.3 Å². The lowest BCUT2D eigenvalue weighted by atomic mass is 9.92. The predicted molar refractivity (Wildman–Crippen MR) is 120 cm³/mol. The van der Waals surface area contributed by atoms with Crippen molar-refractivity contribution in [3.63, 3.8) is 0 Å². The van der Waals surface area contributed by atoms with E-state index in [9.17, 15) is 19.2 Å². The Bertz CT molecular complexity index is 1160. The third kappa shape index (κ3) is 4.31. The predicted octanol–water partition coefficient (Wildman–Crippen LogP) is 1.50. The number of primary amides is 1. The molecule has 11 heteroatoms. The molecule has 1 fully saturated rings. The van der Waals surface area contributed by atoms with E-state index in [1.54, 1.807) is 18.2 Å². The second-order valence-electron chi connectivity index (χ2n) is 8.07. The van der Waals surface area contributed by atoms with Gasteiger partial charge in [0.15, 0.2) is 0 Å². The van der Waals surface area contributed by atoms with Crippen molar-refractivity contribution in [2.45, 2.75) is 32.1 Å². The van der Waals surface area contributed by atoms with Gasteiger partial charge in [0.2, 0.25) is 23.7 Å². The molecule has 0 aliphatic carbocycles. The van der Waals surface area contributed by atoms with Crippen LogP contribution in [-0.2, 0) is 14.4 Å². The summed E-state index contributed by atoms with van der Waals surface area (Å²) in [5.74, 6) is -2.10. The molecular weight excluding hydrogens is 436 g/mol. The van der Waals surface area contributed by atoms with Crippen LogP contribution < -0.4 is 26.8 Å². The van der Waals surface area contributed by atoms with E-state index >= 15 is 0 Å². The molecule has 32 heavy (non-hydrogen) atoms. The number of anilines is 3. The molecule has 168 valence electrons.